The van der Waals surface area contributed by atoms with Crippen LogP contribution in [0.1, 0.15) is 43.4 Å². The number of nitrogens with one attached hydrogen (secondary N) is 3. The molecule has 1 aliphatic carbocycles. The van der Waals surface area contributed by atoms with Crippen molar-refractivity contribution < 1.29 is 32.2 Å². The number of methoxy groups -OCH3 is 3. The first-order valence-electron chi connectivity index (χ1n) is 14.1. The lowest BCUT2D eigenvalue weighted by molar-refractivity contribution is -0.122. The SMILES string of the molecule is COc1cc2c(c(OC)c1OC)-c1ccc(N[C@H](CCSC)C(=O)NC3CCS(=O)(=O)C3)c(=O)cc1[C@H](NC(C)=O)CC2. The Bertz CT molecular complexity index is 1550. The first kappa shape index (κ1) is 32.5. The molecule has 1 saturated heterocycles. The summed E-state index contributed by atoms with van der Waals surface area (Å²) < 4.78 is 40.9. The summed E-state index contributed by atoms with van der Waals surface area (Å²) in [4.78, 5) is 39.2. The van der Waals surface area contributed by atoms with Crippen LogP contribution in [0.2, 0.25) is 0 Å². The Morgan fingerprint density at radius 1 is 1.05 bits per heavy atom. The maximum atomic E-state index is 13.7. The molecule has 0 radical (unpaired) electrons. The second-order valence-electron chi connectivity index (χ2n) is 10.7. The first-order chi connectivity index (χ1) is 20.5. The standard InChI is InChI=1S/C30H39N3O8S2/c1-17(34)31-22-8-6-18-14-26(39-2)28(40-3)29(41-4)27(18)20-7-9-23(25(35)15-21(20)22)33-24(10-12-42-5)30(36)32-19-11-13-43(37,38)16-19/h7,9,14-15,19,22,24H,6,8,10-13,16H2,1-5H3,(H,31,34)(H,32,36)(H,33,35)/t19?,22-,24-/m1/s1. The van der Waals surface area contributed by atoms with E-state index in [1.54, 1.807) is 31.0 Å². The molecule has 0 saturated carbocycles. The van der Waals surface area contributed by atoms with Gasteiger partial charge in [-0.25, -0.2) is 8.42 Å². The van der Waals surface area contributed by atoms with E-state index in [4.69, 9.17) is 14.2 Å². The van der Waals surface area contributed by atoms with E-state index in [1.165, 1.54) is 27.2 Å². The number of benzene rings is 1. The maximum absolute atomic E-state index is 13.7. The van der Waals surface area contributed by atoms with Gasteiger partial charge in [-0.2, -0.15) is 11.8 Å². The maximum Gasteiger partial charge on any atom is 0.242 e. The molecule has 2 amide bonds. The molecule has 1 unspecified atom stereocenters. The van der Waals surface area contributed by atoms with Crippen molar-refractivity contribution in [3.8, 4) is 28.4 Å². The Morgan fingerprint density at radius 2 is 1.79 bits per heavy atom. The van der Waals surface area contributed by atoms with Gasteiger partial charge >= 0.3 is 0 Å². The van der Waals surface area contributed by atoms with E-state index in [0.717, 1.165) is 11.1 Å². The molecule has 13 heteroatoms. The van der Waals surface area contributed by atoms with Gasteiger partial charge in [-0.1, -0.05) is 6.07 Å². The van der Waals surface area contributed by atoms with Gasteiger partial charge < -0.3 is 30.2 Å². The van der Waals surface area contributed by atoms with Gasteiger partial charge in [0.2, 0.25) is 23.0 Å². The Morgan fingerprint density at radius 3 is 2.40 bits per heavy atom. The molecule has 1 heterocycles. The van der Waals surface area contributed by atoms with Crippen molar-refractivity contribution >= 4 is 39.1 Å². The third-order valence-corrected chi connectivity index (χ3v) is 10.2. The van der Waals surface area contributed by atoms with Gasteiger partial charge in [-0.05, 0) is 72.6 Å². The summed E-state index contributed by atoms with van der Waals surface area (Å²) in [5.74, 6) is 1.36. The van der Waals surface area contributed by atoms with Crippen molar-refractivity contribution in [3.05, 3.63) is 45.6 Å². The van der Waals surface area contributed by atoms with Crippen LogP contribution in [0.5, 0.6) is 17.2 Å². The topological polar surface area (TPSA) is 149 Å². The van der Waals surface area contributed by atoms with Crippen molar-refractivity contribution in [2.45, 2.75) is 50.7 Å². The molecule has 1 fully saturated rings. The molecule has 11 nitrogen and oxygen atoms in total. The highest BCUT2D eigenvalue weighted by Gasteiger charge is 2.32. The predicted octanol–water partition coefficient (Wildman–Crippen LogP) is 2.70. The Hall–Kier alpha value is -3.45. The van der Waals surface area contributed by atoms with Crippen LogP contribution in [0, 0.1) is 0 Å². The molecular formula is C30H39N3O8S2. The van der Waals surface area contributed by atoms with Crippen LogP contribution in [-0.4, -0.2) is 77.2 Å². The van der Waals surface area contributed by atoms with Crippen molar-refractivity contribution in [2.75, 3.05) is 50.2 Å². The van der Waals surface area contributed by atoms with Crippen molar-refractivity contribution in [3.63, 3.8) is 0 Å². The normalized spacial score (nSPS) is 19.2. The second kappa shape index (κ2) is 13.9. The van der Waals surface area contributed by atoms with E-state index in [2.05, 4.69) is 16.0 Å². The number of sulfone groups is 1. The number of hydrogen-bond acceptors (Lipinski definition) is 10. The van der Waals surface area contributed by atoms with E-state index in [-0.39, 0.29) is 34.4 Å². The Labute approximate surface area is 256 Å². The average Bonchev–Trinajstić information content (AvgIpc) is 3.14. The van der Waals surface area contributed by atoms with Gasteiger partial charge in [0.05, 0.1) is 44.6 Å². The van der Waals surface area contributed by atoms with Gasteiger partial charge in [0.15, 0.2) is 21.3 Å². The number of fused-ring (bicyclic) bond motifs is 3. The van der Waals surface area contributed by atoms with E-state index in [9.17, 15) is 22.8 Å². The summed E-state index contributed by atoms with van der Waals surface area (Å²) in [7, 11) is 1.43. The molecule has 4 rings (SSSR count). The Balaban J connectivity index is 1.81. The summed E-state index contributed by atoms with van der Waals surface area (Å²) in [6.45, 7) is 1.43. The molecule has 0 aromatic heterocycles. The van der Waals surface area contributed by atoms with Crippen molar-refractivity contribution in [2.24, 2.45) is 0 Å². The quantitative estimate of drug-likeness (QED) is 0.337. The lowest BCUT2D eigenvalue weighted by atomic mass is 9.95. The minimum atomic E-state index is -3.17. The highest BCUT2D eigenvalue weighted by molar-refractivity contribution is 7.98. The monoisotopic (exact) mass is 633 g/mol. The number of rotatable bonds is 11. The molecule has 1 aliphatic heterocycles. The van der Waals surface area contributed by atoms with Crippen molar-refractivity contribution in [1.29, 1.82) is 0 Å². The fourth-order valence-corrected chi connectivity index (χ4v) is 7.87. The number of aryl methyl sites for hydroxylation is 1. The minimum absolute atomic E-state index is 0.0443. The van der Waals surface area contributed by atoms with E-state index < -0.39 is 28.0 Å². The van der Waals surface area contributed by atoms with E-state index in [1.807, 2.05) is 12.3 Å². The highest BCUT2D eigenvalue weighted by atomic mass is 32.2. The lowest BCUT2D eigenvalue weighted by Gasteiger charge is -2.21. The average molecular weight is 634 g/mol. The van der Waals surface area contributed by atoms with Gasteiger partial charge in [0.1, 0.15) is 6.04 Å². The van der Waals surface area contributed by atoms with Gasteiger partial charge in [-0.3, -0.25) is 14.4 Å². The zero-order valence-corrected chi connectivity index (χ0v) is 26.7. The number of thioether (sulfide) groups is 1. The second-order valence-corrected chi connectivity index (χ2v) is 13.9. The van der Waals surface area contributed by atoms with Crippen LogP contribution in [0.3, 0.4) is 0 Å². The van der Waals surface area contributed by atoms with E-state index in [0.29, 0.717) is 59.8 Å². The molecular weight excluding hydrogens is 594 g/mol. The molecule has 2 aliphatic rings. The van der Waals surface area contributed by atoms with Crippen molar-refractivity contribution in [1.82, 2.24) is 10.6 Å². The molecule has 3 atom stereocenters. The molecule has 2 aromatic rings. The van der Waals surface area contributed by atoms with E-state index >= 15 is 0 Å². The molecule has 2 aromatic carbocycles. The largest absolute Gasteiger partial charge is 0.493 e. The van der Waals surface area contributed by atoms with Gasteiger partial charge in [0.25, 0.3) is 0 Å². The zero-order chi connectivity index (χ0) is 31.3. The van der Waals surface area contributed by atoms with Gasteiger partial charge in [-0.15, -0.1) is 0 Å². The first-order valence-corrected chi connectivity index (χ1v) is 17.3. The number of amides is 2. The third-order valence-electron chi connectivity index (χ3n) is 7.75. The summed E-state index contributed by atoms with van der Waals surface area (Å²) in [5, 5.41) is 8.97. The molecule has 43 heavy (non-hydrogen) atoms. The number of carbonyl (C=O) groups is 2. The fraction of sp³-hybridized carbons (Fsp3) is 0.500. The van der Waals surface area contributed by atoms with Crippen LogP contribution in [0.15, 0.2) is 29.1 Å². The number of anilines is 1. The summed E-state index contributed by atoms with van der Waals surface area (Å²) >= 11 is 1.56. The minimum Gasteiger partial charge on any atom is -0.493 e. The number of hydrogen-bond donors (Lipinski definition) is 3. The zero-order valence-electron chi connectivity index (χ0n) is 25.1. The Kier molecular flexibility index (Phi) is 10.5. The molecule has 0 bridgehead atoms. The summed E-state index contributed by atoms with van der Waals surface area (Å²) in [6.07, 6.45) is 3.80. The third kappa shape index (κ3) is 7.38. The molecule has 3 N–H and O–H groups in total. The van der Waals surface area contributed by atoms with Crippen LogP contribution in [0.25, 0.3) is 11.1 Å². The molecule has 0 spiro atoms. The smallest absolute Gasteiger partial charge is 0.242 e. The predicted molar refractivity (Wildman–Crippen MR) is 168 cm³/mol. The summed E-state index contributed by atoms with van der Waals surface area (Å²) in [6, 6.07) is 5.12. The van der Waals surface area contributed by atoms with Crippen LogP contribution in [0.4, 0.5) is 5.69 Å². The van der Waals surface area contributed by atoms with Gasteiger partial charge in [0, 0.05) is 18.5 Å². The number of ether oxygens (including phenoxy) is 3. The fourth-order valence-electron chi connectivity index (χ4n) is 5.73. The molecule has 234 valence electrons. The van der Waals surface area contributed by atoms with Crippen LogP contribution < -0.4 is 35.6 Å². The lowest BCUT2D eigenvalue weighted by Crippen LogP contribution is -2.45. The number of carbonyl (C=O) groups excluding carboxylic acids is 2. The van der Waals surface area contributed by atoms with Crippen LogP contribution >= 0.6 is 11.8 Å². The van der Waals surface area contributed by atoms with Crippen LogP contribution in [-0.2, 0) is 25.8 Å². The summed E-state index contributed by atoms with van der Waals surface area (Å²) in [5.41, 5.74) is 2.76. The highest BCUT2D eigenvalue weighted by Crippen LogP contribution is 2.50.